The van der Waals surface area contributed by atoms with Crippen LogP contribution in [-0.2, 0) is 4.74 Å². The molecule has 0 bridgehead atoms. The van der Waals surface area contributed by atoms with E-state index in [1.165, 1.54) is 0 Å². The Labute approximate surface area is 62.8 Å². The summed E-state index contributed by atoms with van der Waals surface area (Å²) in [5.41, 5.74) is 0. The van der Waals surface area contributed by atoms with E-state index >= 15 is 0 Å². The normalized spacial score (nSPS) is 23.5. The molecule has 10 heavy (non-hydrogen) atoms. The largest absolute Gasteiger partial charge is 0.377 e. The quantitative estimate of drug-likeness (QED) is 0.542. The molecule has 0 fully saturated rings. The monoisotopic (exact) mass is 138 g/mol. The van der Waals surface area contributed by atoms with Crippen LogP contribution in [0.2, 0.25) is 0 Å². The third-order valence-corrected chi connectivity index (χ3v) is 1.60. The average molecular weight is 138 g/mol. The van der Waals surface area contributed by atoms with E-state index in [1.54, 1.807) is 0 Å². The molecule has 1 rings (SSSR count). The molecule has 0 spiro atoms. The topological polar surface area (TPSA) is 9.23 Å². The van der Waals surface area contributed by atoms with Gasteiger partial charge in [0.25, 0.3) is 0 Å². The highest BCUT2D eigenvalue weighted by atomic mass is 16.5. The van der Waals surface area contributed by atoms with Crippen molar-refractivity contribution >= 4 is 0 Å². The number of ether oxygens (including phenoxy) is 1. The fraction of sp³-hybridized carbons (Fsp3) is 0.778. The maximum atomic E-state index is 5.53. The molecule has 0 saturated carbocycles. The molecule has 0 aliphatic heterocycles. The van der Waals surface area contributed by atoms with Gasteiger partial charge in [0.15, 0.2) is 0 Å². The van der Waals surface area contributed by atoms with Crippen molar-refractivity contribution < 1.29 is 4.74 Å². The van der Waals surface area contributed by atoms with Crippen LogP contribution in [0, 0.1) is 11.8 Å². The molecule has 0 aromatic heterocycles. The van der Waals surface area contributed by atoms with E-state index in [1.807, 2.05) is 0 Å². The fourth-order valence-corrected chi connectivity index (χ4v) is 1.04. The molecule has 1 nitrogen and oxygen atoms in total. The van der Waals surface area contributed by atoms with E-state index in [-0.39, 0.29) is 0 Å². The number of rotatable bonds is 3. The standard InChI is InChI=1S/C9H14O/c1-2-8-10-9-6-4-3-5-7-9/h9H,2,4,6-8H2,1H3. The predicted molar refractivity (Wildman–Crippen MR) is 41.7 cm³/mol. The first-order valence-corrected chi connectivity index (χ1v) is 4.01. The van der Waals surface area contributed by atoms with Crippen molar-refractivity contribution in [2.24, 2.45) is 0 Å². The van der Waals surface area contributed by atoms with E-state index < -0.39 is 0 Å². The van der Waals surface area contributed by atoms with Crippen LogP contribution < -0.4 is 0 Å². The van der Waals surface area contributed by atoms with E-state index in [0.29, 0.717) is 6.10 Å². The van der Waals surface area contributed by atoms with Gasteiger partial charge in [0, 0.05) is 19.4 Å². The lowest BCUT2D eigenvalue weighted by Crippen LogP contribution is -2.14. The summed E-state index contributed by atoms with van der Waals surface area (Å²) in [5.74, 6) is 6.13. The van der Waals surface area contributed by atoms with Gasteiger partial charge in [-0.05, 0) is 12.8 Å². The minimum Gasteiger partial charge on any atom is -0.377 e. The molecule has 0 radical (unpaired) electrons. The van der Waals surface area contributed by atoms with Crippen molar-refractivity contribution in [3.8, 4) is 11.8 Å². The van der Waals surface area contributed by atoms with Gasteiger partial charge in [-0.1, -0.05) is 6.92 Å². The summed E-state index contributed by atoms with van der Waals surface area (Å²) in [5, 5.41) is 0. The first-order valence-electron chi connectivity index (χ1n) is 4.01. The Morgan fingerprint density at radius 1 is 1.50 bits per heavy atom. The zero-order valence-electron chi connectivity index (χ0n) is 6.52. The molecular weight excluding hydrogens is 124 g/mol. The van der Waals surface area contributed by atoms with Crippen LogP contribution in [0.4, 0.5) is 0 Å². The molecule has 1 aliphatic carbocycles. The van der Waals surface area contributed by atoms with Crippen LogP contribution in [-0.4, -0.2) is 12.7 Å². The van der Waals surface area contributed by atoms with Crippen LogP contribution in [0.15, 0.2) is 0 Å². The van der Waals surface area contributed by atoms with Gasteiger partial charge in [0.2, 0.25) is 0 Å². The minimum atomic E-state index is 0.432. The molecule has 1 aliphatic rings. The maximum Gasteiger partial charge on any atom is 0.0693 e. The van der Waals surface area contributed by atoms with Crippen molar-refractivity contribution in [1.29, 1.82) is 0 Å². The van der Waals surface area contributed by atoms with Crippen molar-refractivity contribution in [3.63, 3.8) is 0 Å². The van der Waals surface area contributed by atoms with Crippen LogP contribution in [0.1, 0.15) is 32.6 Å². The predicted octanol–water partition coefficient (Wildman–Crippen LogP) is 1.97. The van der Waals surface area contributed by atoms with Crippen molar-refractivity contribution in [3.05, 3.63) is 0 Å². The molecular formula is C9H14O. The highest BCUT2D eigenvalue weighted by molar-refractivity contribution is 5.04. The smallest absolute Gasteiger partial charge is 0.0693 e. The van der Waals surface area contributed by atoms with Gasteiger partial charge >= 0.3 is 0 Å². The molecule has 56 valence electrons. The lowest BCUT2D eigenvalue weighted by molar-refractivity contribution is 0.0508. The number of hydrogen-bond donors (Lipinski definition) is 0. The molecule has 1 atom stereocenters. The van der Waals surface area contributed by atoms with Gasteiger partial charge in [-0.2, -0.15) is 0 Å². The van der Waals surface area contributed by atoms with E-state index in [9.17, 15) is 0 Å². The van der Waals surface area contributed by atoms with Crippen molar-refractivity contribution in [1.82, 2.24) is 0 Å². The van der Waals surface area contributed by atoms with Gasteiger partial charge in [-0.15, -0.1) is 11.8 Å². The van der Waals surface area contributed by atoms with E-state index in [0.717, 1.165) is 32.3 Å². The summed E-state index contributed by atoms with van der Waals surface area (Å²) >= 11 is 0. The van der Waals surface area contributed by atoms with E-state index in [2.05, 4.69) is 18.8 Å². The second-order valence-electron chi connectivity index (χ2n) is 2.59. The SMILES string of the molecule is CCCOC1CC#CCC1. The molecule has 0 amide bonds. The molecule has 1 unspecified atom stereocenters. The molecule has 0 N–H and O–H groups in total. The van der Waals surface area contributed by atoms with Crippen molar-refractivity contribution in [2.45, 2.75) is 38.7 Å². The van der Waals surface area contributed by atoms with Crippen LogP contribution in [0.25, 0.3) is 0 Å². The molecule has 1 heteroatoms. The first-order chi connectivity index (χ1) is 4.93. The number of hydrogen-bond acceptors (Lipinski definition) is 1. The van der Waals surface area contributed by atoms with Gasteiger partial charge in [-0.25, -0.2) is 0 Å². The highest BCUT2D eigenvalue weighted by Gasteiger charge is 2.08. The second-order valence-corrected chi connectivity index (χ2v) is 2.59. The first kappa shape index (κ1) is 7.63. The van der Waals surface area contributed by atoms with E-state index in [4.69, 9.17) is 4.74 Å². The Bertz CT molecular complexity index is 141. The Hall–Kier alpha value is -0.480. The van der Waals surface area contributed by atoms with Crippen LogP contribution >= 0.6 is 0 Å². The Morgan fingerprint density at radius 2 is 2.40 bits per heavy atom. The summed E-state index contributed by atoms with van der Waals surface area (Å²) in [6.07, 6.45) is 4.65. The van der Waals surface area contributed by atoms with Crippen LogP contribution in [0.5, 0.6) is 0 Å². The Kier molecular flexibility index (Phi) is 3.32. The van der Waals surface area contributed by atoms with Gasteiger partial charge in [0.1, 0.15) is 0 Å². The third-order valence-electron chi connectivity index (χ3n) is 1.60. The lowest BCUT2D eigenvalue weighted by Gasteiger charge is -2.15. The summed E-state index contributed by atoms with van der Waals surface area (Å²) in [7, 11) is 0. The van der Waals surface area contributed by atoms with Crippen LogP contribution in [0.3, 0.4) is 0 Å². The minimum absolute atomic E-state index is 0.432. The van der Waals surface area contributed by atoms with Gasteiger partial charge < -0.3 is 4.74 Å². The second kappa shape index (κ2) is 4.35. The maximum absolute atomic E-state index is 5.53. The van der Waals surface area contributed by atoms with Gasteiger partial charge in [0.05, 0.1) is 6.10 Å². The fourth-order valence-electron chi connectivity index (χ4n) is 1.04. The zero-order chi connectivity index (χ0) is 7.23. The highest BCUT2D eigenvalue weighted by Crippen LogP contribution is 2.09. The summed E-state index contributed by atoms with van der Waals surface area (Å²) in [6, 6.07) is 0. The molecule has 0 saturated heterocycles. The third kappa shape index (κ3) is 2.41. The zero-order valence-corrected chi connectivity index (χ0v) is 6.52. The van der Waals surface area contributed by atoms with Crippen molar-refractivity contribution in [2.75, 3.05) is 6.61 Å². The average Bonchev–Trinajstić information content (AvgIpc) is 2.03. The Morgan fingerprint density at radius 3 is 3.00 bits per heavy atom. The molecule has 0 aromatic rings. The molecule has 0 aromatic carbocycles. The van der Waals surface area contributed by atoms with Gasteiger partial charge in [-0.3, -0.25) is 0 Å². The Balaban J connectivity index is 2.12. The summed E-state index contributed by atoms with van der Waals surface area (Å²) in [4.78, 5) is 0. The summed E-state index contributed by atoms with van der Waals surface area (Å²) in [6.45, 7) is 3.03. The summed E-state index contributed by atoms with van der Waals surface area (Å²) < 4.78 is 5.53. The molecule has 0 heterocycles. The lowest BCUT2D eigenvalue weighted by atomic mass is 10.1.